The van der Waals surface area contributed by atoms with Crippen molar-refractivity contribution in [3.05, 3.63) is 22.5 Å². The molecule has 2 rings (SSSR count). The van der Waals surface area contributed by atoms with Gasteiger partial charge in [0.1, 0.15) is 11.7 Å². The van der Waals surface area contributed by atoms with Gasteiger partial charge in [-0.15, -0.1) is 11.8 Å². The molecule has 1 fully saturated rings. The van der Waals surface area contributed by atoms with E-state index < -0.39 is 17.7 Å². The van der Waals surface area contributed by atoms with E-state index in [4.69, 9.17) is 9.47 Å². The van der Waals surface area contributed by atoms with Crippen molar-refractivity contribution in [2.45, 2.75) is 51.5 Å². The SMILES string of the molecule is CC(C)Nc1nc(=O)n(C2CS[C@H](COC(C)C)O2)cc1F. The van der Waals surface area contributed by atoms with Crippen LogP contribution >= 0.6 is 11.8 Å². The molecule has 1 aliphatic rings. The summed E-state index contributed by atoms with van der Waals surface area (Å²) in [5.74, 6) is -0.0326. The molecule has 1 aromatic rings. The lowest BCUT2D eigenvalue weighted by molar-refractivity contribution is -0.0380. The molecule has 0 aliphatic carbocycles. The molecule has 1 N–H and O–H groups in total. The Hall–Kier alpha value is -1.12. The van der Waals surface area contributed by atoms with Gasteiger partial charge in [0, 0.05) is 11.8 Å². The van der Waals surface area contributed by atoms with Crippen molar-refractivity contribution >= 4 is 17.6 Å². The van der Waals surface area contributed by atoms with Crippen LogP contribution in [0.1, 0.15) is 33.9 Å². The number of rotatable bonds is 6. The fraction of sp³-hybridized carbons (Fsp3) is 0.714. The molecule has 124 valence electrons. The summed E-state index contributed by atoms with van der Waals surface area (Å²) < 4.78 is 26.4. The minimum absolute atomic E-state index is 0.00639. The third kappa shape index (κ3) is 4.44. The Morgan fingerprint density at radius 2 is 2.27 bits per heavy atom. The zero-order chi connectivity index (χ0) is 16.3. The lowest BCUT2D eigenvalue weighted by Gasteiger charge is -2.17. The molecule has 1 aliphatic heterocycles. The highest BCUT2D eigenvalue weighted by Crippen LogP contribution is 2.31. The summed E-state index contributed by atoms with van der Waals surface area (Å²) in [5.41, 5.74) is -0.684. The van der Waals surface area contributed by atoms with Gasteiger partial charge in [0.25, 0.3) is 0 Å². The van der Waals surface area contributed by atoms with E-state index in [9.17, 15) is 9.18 Å². The molecule has 0 aromatic carbocycles. The standard InChI is InChI=1S/C14H22FN3O3S/c1-8(2)16-13-10(15)5-18(14(19)17-13)11-7-22-12(21-11)6-20-9(3)4/h5,8-9,11-12H,6-7H2,1-4H3,(H,16,17,19)/t11?,12-/m1/s1. The topological polar surface area (TPSA) is 65.4 Å². The van der Waals surface area contributed by atoms with Gasteiger partial charge in [-0.05, 0) is 27.7 Å². The second-order valence-electron chi connectivity index (χ2n) is 5.66. The second kappa shape index (κ2) is 7.43. The molecule has 0 amide bonds. The normalized spacial score (nSPS) is 21.8. The van der Waals surface area contributed by atoms with E-state index in [2.05, 4.69) is 10.3 Å². The molecule has 0 radical (unpaired) electrons. The Kier molecular flexibility index (Phi) is 5.82. The molecule has 2 heterocycles. The highest BCUT2D eigenvalue weighted by atomic mass is 32.2. The number of hydrogen-bond donors (Lipinski definition) is 1. The summed E-state index contributed by atoms with van der Waals surface area (Å²) >= 11 is 1.54. The van der Waals surface area contributed by atoms with Gasteiger partial charge in [-0.3, -0.25) is 4.57 Å². The Bertz CT molecular complexity index is 565. The predicted octanol–water partition coefficient (Wildman–Crippen LogP) is 2.22. The molecular weight excluding hydrogens is 309 g/mol. The van der Waals surface area contributed by atoms with E-state index in [1.165, 1.54) is 4.57 Å². The molecule has 1 saturated heterocycles. The van der Waals surface area contributed by atoms with Crippen molar-refractivity contribution in [1.29, 1.82) is 0 Å². The van der Waals surface area contributed by atoms with Crippen LogP contribution < -0.4 is 11.0 Å². The number of hydrogen-bond acceptors (Lipinski definition) is 6. The molecule has 0 spiro atoms. The zero-order valence-electron chi connectivity index (χ0n) is 13.2. The number of thioether (sulfide) groups is 1. The van der Waals surface area contributed by atoms with Crippen molar-refractivity contribution < 1.29 is 13.9 Å². The van der Waals surface area contributed by atoms with Crippen LogP contribution in [0.25, 0.3) is 0 Å². The van der Waals surface area contributed by atoms with Gasteiger partial charge < -0.3 is 14.8 Å². The van der Waals surface area contributed by atoms with Crippen LogP contribution in [0.3, 0.4) is 0 Å². The molecule has 2 atom stereocenters. The van der Waals surface area contributed by atoms with E-state index in [1.54, 1.807) is 11.8 Å². The summed E-state index contributed by atoms with van der Waals surface area (Å²) in [5, 5.41) is 2.81. The number of nitrogens with zero attached hydrogens (tertiary/aromatic N) is 2. The maximum atomic E-state index is 14.0. The Morgan fingerprint density at radius 1 is 1.55 bits per heavy atom. The summed E-state index contributed by atoms with van der Waals surface area (Å²) in [6, 6.07) is -0.00639. The predicted molar refractivity (Wildman–Crippen MR) is 84.7 cm³/mol. The first-order chi connectivity index (χ1) is 10.4. The van der Waals surface area contributed by atoms with E-state index in [1.807, 2.05) is 27.7 Å². The first kappa shape index (κ1) is 17.2. The molecule has 1 aromatic heterocycles. The number of halogens is 1. The average Bonchev–Trinajstić information content (AvgIpc) is 2.88. The van der Waals surface area contributed by atoms with Crippen molar-refractivity contribution in [3.8, 4) is 0 Å². The molecule has 22 heavy (non-hydrogen) atoms. The summed E-state index contributed by atoms with van der Waals surface area (Å²) in [6.07, 6.45) is 0.747. The summed E-state index contributed by atoms with van der Waals surface area (Å²) in [6.45, 7) is 8.03. The van der Waals surface area contributed by atoms with Gasteiger partial charge in [-0.1, -0.05) is 0 Å². The quantitative estimate of drug-likeness (QED) is 0.862. The zero-order valence-corrected chi connectivity index (χ0v) is 14.0. The van der Waals surface area contributed by atoms with Crippen molar-refractivity contribution in [2.24, 2.45) is 0 Å². The first-order valence-corrected chi connectivity index (χ1v) is 8.35. The fourth-order valence-corrected chi connectivity index (χ4v) is 2.97. The van der Waals surface area contributed by atoms with E-state index >= 15 is 0 Å². The van der Waals surface area contributed by atoms with Crippen molar-refractivity contribution in [3.63, 3.8) is 0 Å². The third-order valence-corrected chi connectivity index (χ3v) is 4.04. The number of anilines is 1. The minimum Gasteiger partial charge on any atom is -0.375 e. The van der Waals surface area contributed by atoms with Crippen LogP contribution in [0.5, 0.6) is 0 Å². The Morgan fingerprint density at radius 3 is 2.91 bits per heavy atom. The van der Waals surface area contributed by atoms with Crippen LogP contribution in [-0.2, 0) is 9.47 Å². The maximum Gasteiger partial charge on any atom is 0.351 e. The van der Waals surface area contributed by atoms with Crippen LogP contribution in [0.15, 0.2) is 11.0 Å². The molecule has 8 heteroatoms. The fourth-order valence-electron chi connectivity index (χ4n) is 1.97. The Labute approximate surface area is 133 Å². The molecule has 6 nitrogen and oxygen atoms in total. The third-order valence-electron chi connectivity index (χ3n) is 2.94. The van der Waals surface area contributed by atoms with Gasteiger partial charge in [0.2, 0.25) is 0 Å². The molecule has 0 saturated carbocycles. The molecule has 1 unspecified atom stereocenters. The monoisotopic (exact) mass is 331 g/mol. The Balaban J connectivity index is 2.07. The largest absolute Gasteiger partial charge is 0.375 e. The van der Waals surface area contributed by atoms with Crippen LogP contribution in [-0.4, -0.2) is 39.5 Å². The smallest absolute Gasteiger partial charge is 0.351 e. The lowest BCUT2D eigenvalue weighted by atomic mass is 10.4. The maximum absolute atomic E-state index is 14.0. The van der Waals surface area contributed by atoms with Crippen molar-refractivity contribution in [1.82, 2.24) is 9.55 Å². The number of ether oxygens (including phenoxy) is 2. The summed E-state index contributed by atoms with van der Waals surface area (Å²) in [4.78, 5) is 15.8. The van der Waals surface area contributed by atoms with Crippen LogP contribution in [0.2, 0.25) is 0 Å². The van der Waals surface area contributed by atoms with Crippen LogP contribution in [0, 0.1) is 5.82 Å². The van der Waals surface area contributed by atoms with Gasteiger partial charge in [-0.25, -0.2) is 9.18 Å². The van der Waals surface area contributed by atoms with Gasteiger partial charge in [0.15, 0.2) is 11.6 Å². The van der Waals surface area contributed by atoms with Gasteiger partial charge in [-0.2, -0.15) is 4.98 Å². The second-order valence-corrected chi connectivity index (χ2v) is 6.85. The highest BCUT2D eigenvalue weighted by molar-refractivity contribution is 8.00. The van der Waals surface area contributed by atoms with Crippen LogP contribution in [0.4, 0.5) is 10.2 Å². The average molecular weight is 331 g/mol. The lowest BCUT2D eigenvalue weighted by Crippen LogP contribution is -2.30. The molecular formula is C14H22FN3O3S. The summed E-state index contributed by atoms with van der Waals surface area (Å²) in [7, 11) is 0. The van der Waals surface area contributed by atoms with Gasteiger partial charge >= 0.3 is 5.69 Å². The first-order valence-electron chi connectivity index (χ1n) is 7.30. The minimum atomic E-state index is -0.566. The molecule has 0 bridgehead atoms. The number of nitrogens with one attached hydrogen (secondary N) is 1. The van der Waals surface area contributed by atoms with E-state index in [0.717, 1.165) is 6.20 Å². The van der Waals surface area contributed by atoms with Gasteiger partial charge in [0.05, 0.1) is 18.9 Å². The van der Waals surface area contributed by atoms with E-state index in [0.29, 0.717) is 12.4 Å². The van der Waals surface area contributed by atoms with Crippen molar-refractivity contribution in [2.75, 3.05) is 17.7 Å². The van der Waals surface area contributed by atoms with E-state index in [-0.39, 0.29) is 23.4 Å². The highest BCUT2D eigenvalue weighted by Gasteiger charge is 2.29. The number of aromatic nitrogens is 2.